The lowest BCUT2D eigenvalue weighted by atomic mass is 9.89. The molecular formula is C16H33N3O. The minimum atomic E-state index is 0.519. The first kappa shape index (κ1) is 16.2. The summed E-state index contributed by atoms with van der Waals surface area (Å²) in [6.07, 6.45) is 5.45. The van der Waals surface area contributed by atoms with Gasteiger partial charge in [-0.1, -0.05) is 13.8 Å². The molecule has 1 saturated heterocycles. The van der Waals surface area contributed by atoms with Crippen molar-refractivity contribution in [3.05, 3.63) is 0 Å². The third-order valence-electron chi connectivity index (χ3n) is 4.54. The first-order chi connectivity index (χ1) is 9.81. The van der Waals surface area contributed by atoms with E-state index in [1.165, 1.54) is 58.4 Å². The van der Waals surface area contributed by atoms with Crippen LogP contribution in [0.15, 0.2) is 0 Å². The van der Waals surface area contributed by atoms with E-state index in [0.29, 0.717) is 6.10 Å². The van der Waals surface area contributed by atoms with Crippen LogP contribution in [0.4, 0.5) is 0 Å². The SMILES string of the molecule is CCCN[C@H]1C[C@H](OCCN2CCN(CCC)CC2)C1. The Balaban J connectivity index is 1.45. The van der Waals surface area contributed by atoms with Crippen LogP contribution < -0.4 is 5.32 Å². The van der Waals surface area contributed by atoms with Gasteiger partial charge in [0, 0.05) is 38.8 Å². The second-order valence-corrected chi connectivity index (χ2v) is 6.30. The molecule has 0 unspecified atom stereocenters. The molecule has 2 fully saturated rings. The predicted molar refractivity (Wildman–Crippen MR) is 84.2 cm³/mol. The molecule has 2 aliphatic rings. The van der Waals surface area contributed by atoms with Crippen molar-refractivity contribution < 1.29 is 4.74 Å². The molecule has 0 bridgehead atoms. The summed E-state index contributed by atoms with van der Waals surface area (Å²) in [7, 11) is 0. The summed E-state index contributed by atoms with van der Waals surface area (Å²) < 4.78 is 5.97. The van der Waals surface area contributed by atoms with E-state index < -0.39 is 0 Å². The molecule has 0 aromatic heterocycles. The van der Waals surface area contributed by atoms with Crippen LogP contribution in [0.25, 0.3) is 0 Å². The minimum absolute atomic E-state index is 0.519. The molecule has 0 spiro atoms. The maximum Gasteiger partial charge on any atom is 0.0605 e. The fraction of sp³-hybridized carbons (Fsp3) is 1.00. The van der Waals surface area contributed by atoms with Crippen LogP contribution >= 0.6 is 0 Å². The summed E-state index contributed by atoms with van der Waals surface area (Å²) >= 11 is 0. The van der Waals surface area contributed by atoms with Gasteiger partial charge < -0.3 is 15.0 Å². The summed E-state index contributed by atoms with van der Waals surface area (Å²) in [5, 5.41) is 3.56. The van der Waals surface area contributed by atoms with E-state index in [-0.39, 0.29) is 0 Å². The summed E-state index contributed by atoms with van der Waals surface area (Å²) in [6, 6.07) is 0.720. The Labute approximate surface area is 124 Å². The maximum atomic E-state index is 5.97. The fourth-order valence-corrected chi connectivity index (χ4v) is 3.12. The maximum absolute atomic E-state index is 5.97. The first-order valence-corrected chi connectivity index (χ1v) is 8.61. The Morgan fingerprint density at radius 2 is 1.60 bits per heavy atom. The molecule has 4 heteroatoms. The van der Waals surface area contributed by atoms with E-state index in [4.69, 9.17) is 4.74 Å². The number of hydrogen-bond donors (Lipinski definition) is 1. The Bertz CT molecular complexity index is 248. The molecule has 1 saturated carbocycles. The fourth-order valence-electron chi connectivity index (χ4n) is 3.12. The van der Waals surface area contributed by atoms with Crippen molar-refractivity contribution >= 4 is 0 Å². The average molecular weight is 283 g/mol. The number of ether oxygens (including phenoxy) is 1. The van der Waals surface area contributed by atoms with Gasteiger partial charge in [-0.05, 0) is 38.8 Å². The molecule has 1 aliphatic carbocycles. The van der Waals surface area contributed by atoms with Crippen molar-refractivity contribution in [1.29, 1.82) is 0 Å². The highest BCUT2D eigenvalue weighted by atomic mass is 16.5. The Hall–Kier alpha value is -0.160. The molecule has 118 valence electrons. The normalized spacial score (nSPS) is 28.5. The summed E-state index contributed by atoms with van der Waals surface area (Å²) in [6.45, 7) is 13.8. The lowest BCUT2D eigenvalue weighted by Crippen LogP contribution is -2.48. The van der Waals surface area contributed by atoms with E-state index >= 15 is 0 Å². The molecule has 1 N–H and O–H groups in total. The van der Waals surface area contributed by atoms with Crippen LogP contribution in [0, 0.1) is 0 Å². The van der Waals surface area contributed by atoms with Crippen LogP contribution in [-0.4, -0.2) is 74.4 Å². The molecule has 2 rings (SSSR count). The second kappa shape index (κ2) is 8.98. The van der Waals surface area contributed by atoms with Crippen LogP contribution in [-0.2, 0) is 4.74 Å². The van der Waals surface area contributed by atoms with E-state index in [1.54, 1.807) is 0 Å². The van der Waals surface area contributed by atoms with E-state index in [0.717, 1.165) is 25.7 Å². The van der Waals surface area contributed by atoms with Crippen LogP contribution in [0.3, 0.4) is 0 Å². The average Bonchev–Trinajstić information content (AvgIpc) is 2.42. The standard InChI is InChI=1S/C16H33N3O/c1-3-5-17-15-13-16(14-15)20-12-11-19-9-7-18(6-4-2)8-10-19/h15-17H,3-14H2,1-2H3/t15-,16-. The van der Waals surface area contributed by atoms with Gasteiger partial charge in [0.2, 0.25) is 0 Å². The molecule has 0 aromatic rings. The van der Waals surface area contributed by atoms with E-state index in [1.807, 2.05) is 0 Å². The molecule has 0 amide bonds. The van der Waals surface area contributed by atoms with Gasteiger partial charge in [0.1, 0.15) is 0 Å². The van der Waals surface area contributed by atoms with Gasteiger partial charge in [-0.2, -0.15) is 0 Å². The Morgan fingerprint density at radius 3 is 2.20 bits per heavy atom. The van der Waals surface area contributed by atoms with Gasteiger partial charge >= 0.3 is 0 Å². The third-order valence-corrected chi connectivity index (χ3v) is 4.54. The summed E-state index contributed by atoms with van der Waals surface area (Å²) in [5.74, 6) is 0. The predicted octanol–water partition coefficient (Wildman–Crippen LogP) is 1.56. The summed E-state index contributed by atoms with van der Waals surface area (Å²) in [5.41, 5.74) is 0. The first-order valence-electron chi connectivity index (χ1n) is 8.61. The van der Waals surface area contributed by atoms with Gasteiger partial charge in [0.05, 0.1) is 12.7 Å². The minimum Gasteiger partial charge on any atom is -0.377 e. The van der Waals surface area contributed by atoms with Crippen molar-refractivity contribution in [2.45, 2.75) is 51.7 Å². The zero-order chi connectivity index (χ0) is 14.2. The number of nitrogens with zero attached hydrogens (tertiary/aromatic N) is 2. The number of rotatable bonds is 9. The van der Waals surface area contributed by atoms with Crippen molar-refractivity contribution in [2.75, 3.05) is 52.4 Å². The lowest BCUT2D eigenvalue weighted by molar-refractivity contribution is -0.0276. The van der Waals surface area contributed by atoms with Crippen molar-refractivity contribution in [1.82, 2.24) is 15.1 Å². The number of nitrogens with one attached hydrogen (secondary N) is 1. The van der Waals surface area contributed by atoms with Gasteiger partial charge in [0.25, 0.3) is 0 Å². The van der Waals surface area contributed by atoms with Gasteiger partial charge in [-0.25, -0.2) is 0 Å². The molecule has 0 radical (unpaired) electrons. The quantitative estimate of drug-likeness (QED) is 0.695. The highest BCUT2D eigenvalue weighted by Gasteiger charge is 2.29. The topological polar surface area (TPSA) is 27.7 Å². The molecule has 1 heterocycles. The van der Waals surface area contributed by atoms with Crippen LogP contribution in [0.5, 0.6) is 0 Å². The van der Waals surface area contributed by atoms with Gasteiger partial charge in [-0.15, -0.1) is 0 Å². The van der Waals surface area contributed by atoms with Crippen molar-refractivity contribution in [3.8, 4) is 0 Å². The summed E-state index contributed by atoms with van der Waals surface area (Å²) in [4.78, 5) is 5.13. The number of hydrogen-bond acceptors (Lipinski definition) is 4. The molecular weight excluding hydrogens is 250 g/mol. The molecule has 0 aromatic carbocycles. The molecule has 20 heavy (non-hydrogen) atoms. The van der Waals surface area contributed by atoms with Crippen LogP contribution in [0.1, 0.15) is 39.5 Å². The highest BCUT2D eigenvalue weighted by molar-refractivity contribution is 4.86. The zero-order valence-electron chi connectivity index (χ0n) is 13.4. The second-order valence-electron chi connectivity index (χ2n) is 6.30. The smallest absolute Gasteiger partial charge is 0.0605 e. The molecule has 0 atom stereocenters. The Kier molecular flexibility index (Phi) is 7.28. The third kappa shape index (κ3) is 5.32. The van der Waals surface area contributed by atoms with Gasteiger partial charge in [0.15, 0.2) is 0 Å². The van der Waals surface area contributed by atoms with E-state index in [9.17, 15) is 0 Å². The number of piperazine rings is 1. The molecule has 1 aliphatic heterocycles. The molecule has 4 nitrogen and oxygen atoms in total. The monoisotopic (exact) mass is 283 g/mol. The van der Waals surface area contributed by atoms with Crippen molar-refractivity contribution in [3.63, 3.8) is 0 Å². The largest absolute Gasteiger partial charge is 0.377 e. The highest BCUT2D eigenvalue weighted by Crippen LogP contribution is 2.23. The van der Waals surface area contributed by atoms with Gasteiger partial charge in [-0.3, -0.25) is 4.90 Å². The van der Waals surface area contributed by atoms with E-state index in [2.05, 4.69) is 29.0 Å². The lowest BCUT2D eigenvalue weighted by Gasteiger charge is -2.37. The zero-order valence-corrected chi connectivity index (χ0v) is 13.4. The van der Waals surface area contributed by atoms with Crippen molar-refractivity contribution in [2.24, 2.45) is 0 Å². The Morgan fingerprint density at radius 1 is 0.950 bits per heavy atom. The van der Waals surface area contributed by atoms with Crippen LogP contribution in [0.2, 0.25) is 0 Å².